The number of piperidine rings is 1. The molecule has 1 saturated heterocycles. The van der Waals surface area contributed by atoms with Gasteiger partial charge in [-0.25, -0.2) is 4.39 Å². The number of hydrogen-bond acceptors (Lipinski definition) is 2. The SMILES string of the molecule is CN1CCC[C@@H]2c3cccc4c3c(cn4NC(=S)Nc3ccc(F)cc3)C[C@H]21. The number of aromatic nitrogens is 1. The Morgan fingerprint density at radius 2 is 2.00 bits per heavy atom. The third kappa shape index (κ3) is 2.97. The van der Waals surface area contributed by atoms with Crippen LogP contribution in [0.1, 0.15) is 29.9 Å². The lowest BCUT2D eigenvalue weighted by atomic mass is 9.75. The molecule has 1 aliphatic heterocycles. The molecule has 0 bridgehead atoms. The minimum absolute atomic E-state index is 0.261. The van der Waals surface area contributed by atoms with E-state index in [1.807, 2.05) is 4.68 Å². The molecule has 0 unspecified atom stereocenters. The van der Waals surface area contributed by atoms with E-state index in [9.17, 15) is 4.39 Å². The molecule has 2 N–H and O–H groups in total. The molecule has 2 atom stereocenters. The van der Waals surface area contributed by atoms with Crippen LogP contribution in [0.2, 0.25) is 0 Å². The van der Waals surface area contributed by atoms with Gasteiger partial charge in [0, 0.05) is 29.2 Å². The molecule has 0 spiro atoms. The Bertz CT molecular complexity index is 1040. The number of thiocarbonyl (C=S) groups is 1. The number of anilines is 1. The van der Waals surface area contributed by atoms with Gasteiger partial charge in [0.2, 0.25) is 0 Å². The molecular weight excluding hydrogens is 371 g/mol. The largest absolute Gasteiger partial charge is 0.331 e. The van der Waals surface area contributed by atoms with Crippen LogP contribution in [0.3, 0.4) is 0 Å². The number of likely N-dealkylation sites (N-methyl/N-ethyl adjacent to an activating group) is 1. The van der Waals surface area contributed by atoms with Gasteiger partial charge in [0.1, 0.15) is 5.82 Å². The van der Waals surface area contributed by atoms with E-state index in [0.717, 1.165) is 17.6 Å². The van der Waals surface area contributed by atoms with Crippen LogP contribution in [0, 0.1) is 5.82 Å². The van der Waals surface area contributed by atoms with Crippen molar-refractivity contribution in [1.82, 2.24) is 9.58 Å². The van der Waals surface area contributed by atoms with Gasteiger partial charge in [-0.05, 0) is 86.5 Å². The van der Waals surface area contributed by atoms with E-state index >= 15 is 0 Å². The number of nitrogens with one attached hydrogen (secondary N) is 2. The molecule has 0 saturated carbocycles. The first-order valence-electron chi connectivity index (χ1n) is 9.77. The Balaban J connectivity index is 1.45. The quantitative estimate of drug-likeness (QED) is 0.629. The molecule has 1 fully saturated rings. The third-order valence-electron chi connectivity index (χ3n) is 6.15. The van der Waals surface area contributed by atoms with E-state index in [2.05, 4.69) is 47.1 Å². The number of rotatable bonds is 2. The Morgan fingerprint density at radius 1 is 1.18 bits per heavy atom. The van der Waals surface area contributed by atoms with Gasteiger partial charge in [-0.3, -0.25) is 10.1 Å². The van der Waals surface area contributed by atoms with Crippen LogP contribution in [0.15, 0.2) is 48.7 Å². The molecule has 1 aromatic heterocycles. The van der Waals surface area contributed by atoms with Crippen LogP contribution in [-0.2, 0) is 6.42 Å². The second kappa shape index (κ2) is 6.87. The molecule has 2 aromatic carbocycles. The van der Waals surface area contributed by atoms with Gasteiger partial charge >= 0.3 is 0 Å². The Hall–Kier alpha value is -2.44. The fourth-order valence-electron chi connectivity index (χ4n) is 4.87. The smallest absolute Gasteiger partial charge is 0.190 e. The number of halogens is 1. The van der Waals surface area contributed by atoms with Gasteiger partial charge < -0.3 is 10.2 Å². The first kappa shape index (κ1) is 17.6. The zero-order valence-electron chi connectivity index (χ0n) is 15.8. The summed E-state index contributed by atoms with van der Waals surface area (Å²) in [6.45, 7) is 1.18. The predicted molar refractivity (Wildman–Crippen MR) is 116 cm³/mol. The lowest BCUT2D eigenvalue weighted by molar-refractivity contribution is 0.157. The predicted octanol–water partition coefficient (Wildman–Crippen LogP) is 4.45. The monoisotopic (exact) mass is 394 g/mol. The highest BCUT2D eigenvalue weighted by atomic mass is 32.1. The van der Waals surface area contributed by atoms with Crippen molar-refractivity contribution in [3.63, 3.8) is 0 Å². The second-order valence-electron chi connectivity index (χ2n) is 7.84. The summed E-state index contributed by atoms with van der Waals surface area (Å²) >= 11 is 5.48. The summed E-state index contributed by atoms with van der Waals surface area (Å²) in [5.74, 6) is 0.345. The average molecular weight is 395 g/mol. The van der Waals surface area contributed by atoms with Gasteiger partial charge in [0.15, 0.2) is 5.11 Å². The molecular formula is C22H23FN4S. The fraction of sp³-hybridized carbons (Fsp3) is 0.318. The number of benzene rings is 2. The number of hydrogen-bond donors (Lipinski definition) is 2. The molecule has 28 heavy (non-hydrogen) atoms. The Morgan fingerprint density at radius 3 is 2.82 bits per heavy atom. The van der Waals surface area contributed by atoms with Gasteiger partial charge in [-0.1, -0.05) is 12.1 Å². The fourth-order valence-corrected chi connectivity index (χ4v) is 5.08. The maximum absolute atomic E-state index is 13.1. The van der Waals surface area contributed by atoms with Crippen molar-refractivity contribution in [2.45, 2.75) is 31.2 Å². The number of likely N-dealkylation sites (tertiary alicyclic amines) is 1. The van der Waals surface area contributed by atoms with Gasteiger partial charge in [0.05, 0.1) is 5.52 Å². The van der Waals surface area contributed by atoms with Crippen LogP contribution in [0.25, 0.3) is 10.9 Å². The molecule has 0 amide bonds. The maximum Gasteiger partial charge on any atom is 0.190 e. The van der Waals surface area contributed by atoms with E-state index in [1.54, 1.807) is 12.1 Å². The zero-order valence-corrected chi connectivity index (χ0v) is 16.6. The summed E-state index contributed by atoms with van der Waals surface area (Å²) in [7, 11) is 2.25. The van der Waals surface area contributed by atoms with E-state index in [0.29, 0.717) is 17.1 Å². The summed E-state index contributed by atoms with van der Waals surface area (Å²) in [5, 5.41) is 4.97. The molecule has 0 radical (unpaired) electrons. The summed E-state index contributed by atoms with van der Waals surface area (Å²) in [5.41, 5.74) is 8.03. The molecule has 5 rings (SSSR count). The third-order valence-corrected chi connectivity index (χ3v) is 6.34. The van der Waals surface area contributed by atoms with Crippen molar-refractivity contribution in [3.8, 4) is 0 Å². The minimum atomic E-state index is -0.261. The van der Waals surface area contributed by atoms with Crippen LogP contribution < -0.4 is 10.7 Å². The van der Waals surface area contributed by atoms with E-state index in [-0.39, 0.29) is 5.82 Å². The lowest BCUT2D eigenvalue weighted by Gasteiger charge is -2.42. The summed E-state index contributed by atoms with van der Waals surface area (Å²) in [4.78, 5) is 2.52. The zero-order chi connectivity index (χ0) is 19.3. The van der Waals surface area contributed by atoms with Gasteiger partial charge in [0.25, 0.3) is 0 Å². The van der Waals surface area contributed by atoms with Crippen molar-refractivity contribution in [3.05, 3.63) is 65.6 Å². The molecule has 1 aliphatic carbocycles. The summed E-state index contributed by atoms with van der Waals surface area (Å²) < 4.78 is 15.1. The molecule has 2 heterocycles. The molecule has 3 aromatic rings. The molecule has 144 valence electrons. The van der Waals surface area contributed by atoms with Crippen LogP contribution in [-0.4, -0.2) is 34.3 Å². The molecule has 2 aliphatic rings. The number of fused-ring (bicyclic) bond motifs is 2. The van der Waals surface area contributed by atoms with Crippen molar-refractivity contribution in [1.29, 1.82) is 0 Å². The van der Waals surface area contributed by atoms with Crippen LogP contribution >= 0.6 is 12.2 Å². The van der Waals surface area contributed by atoms with E-state index in [4.69, 9.17) is 12.2 Å². The highest BCUT2D eigenvalue weighted by Crippen LogP contribution is 2.43. The molecule has 4 nitrogen and oxygen atoms in total. The van der Waals surface area contributed by atoms with Crippen molar-refractivity contribution in [2.75, 3.05) is 24.3 Å². The highest BCUT2D eigenvalue weighted by molar-refractivity contribution is 7.80. The van der Waals surface area contributed by atoms with Crippen LogP contribution in [0.4, 0.5) is 10.1 Å². The van der Waals surface area contributed by atoms with E-state index < -0.39 is 0 Å². The van der Waals surface area contributed by atoms with E-state index in [1.165, 1.54) is 48.0 Å². The topological polar surface area (TPSA) is 32.2 Å². The summed E-state index contributed by atoms with van der Waals surface area (Å²) in [6.07, 6.45) is 5.76. The Kier molecular flexibility index (Phi) is 4.33. The van der Waals surface area contributed by atoms with Crippen molar-refractivity contribution >= 4 is 33.9 Å². The van der Waals surface area contributed by atoms with Crippen molar-refractivity contribution < 1.29 is 4.39 Å². The highest BCUT2D eigenvalue weighted by Gasteiger charge is 2.36. The lowest BCUT2D eigenvalue weighted by Crippen LogP contribution is -2.44. The van der Waals surface area contributed by atoms with Crippen molar-refractivity contribution in [2.24, 2.45) is 0 Å². The van der Waals surface area contributed by atoms with Gasteiger partial charge in [-0.2, -0.15) is 0 Å². The molecule has 6 heteroatoms. The summed E-state index contributed by atoms with van der Waals surface area (Å²) in [6, 6.07) is 13.3. The maximum atomic E-state index is 13.1. The Labute approximate surface area is 169 Å². The normalized spacial score (nSPS) is 21.4. The second-order valence-corrected chi connectivity index (χ2v) is 8.25. The standard InChI is InChI=1S/C22H23FN4S/c1-26-11-3-5-17-18-4-2-6-19-21(18)14(12-20(17)26)13-27(19)25-22(28)24-16-9-7-15(23)8-10-16/h2,4,6-10,13,17,20H,3,5,11-12H2,1H3,(H2,24,25,28)/t17-,20-/m1/s1. The van der Waals surface area contributed by atoms with Gasteiger partial charge in [-0.15, -0.1) is 0 Å². The first-order valence-corrected chi connectivity index (χ1v) is 10.2. The average Bonchev–Trinajstić information content (AvgIpc) is 3.03. The number of nitrogens with zero attached hydrogens (tertiary/aromatic N) is 2. The first-order chi connectivity index (χ1) is 13.6. The minimum Gasteiger partial charge on any atom is -0.331 e. The van der Waals surface area contributed by atoms with Crippen LogP contribution in [0.5, 0.6) is 0 Å².